The van der Waals surface area contributed by atoms with Gasteiger partial charge in [-0.2, -0.15) is 0 Å². The molecule has 24 heavy (non-hydrogen) atoms. The Morgan fingerprint density at radius 1 is 1.04 bits per heavy atom. The van der Waals surface area contributed by atoms with Crippen LogP contribution in [0.15, 0.2) is 71.0 Å². The summed E-state index contributed by atoms with van der Waals surface area (Å²) in [5.41, 5.74) is 1.06. The van der Waals surface area contributed by atoms with Crippen LogP contribution in [0.3, 0.4) is 0 Å². The number of hydrogen-bond donors (Lipinski definition) is 0. The molecule has 0 aliphatic rings. The van der Waals surface area contributed by atoms with E-state index >= 15 is 0 Å². The zero-order valence-electron chi connectivity index (χ0n) is 14.2. The molecule has 0 aromatic heterocycles. The maximum absolute atomic E-state index is 12.5. The summed E-state index contributed by atoms with van der Waals surface area (Å²) in [4.78, 5) is 0.672. The van der Waals surface area contributed by atoms with Crippen molar-refractivity contribution < 1.29 is 8.42 Å². The minimum atomic E-state index is -3.36. The molecule has 128 valence electrons. The number of unbranched alkanes of at least 4 members (excludes halogenated alkanes) is 1. The predicted octanol–water partition coefficient (Wildman–Crippen LogP) is 4.29. The van der Waals surface area contributed by atoms with Crippen LogP contribution in [-0.2, 0) is 9.84 Å². The Bertz CT molecular complexity index is 750. The molecule has 2 rings (SSSR count). The fraction of sp³-hybridized carbons (Fsp3) is 0.300. The van der Waals surface area contributed by atoms with Crippen molar-refractivity contribution in [3.8, 4) is 0 Å². The van der Waals surface area contributed by atoms with Crippen LogP contribution >= 0.6 is 0 Å². The van der Waals surface area contributed by atoms with Gasteiger partial charge in [-0.15, -0.1) is 0 Å². The third-order valence-corrected chi connectivity index (χ3v) is 7.74. The zero-order chi connectivity index (χ0) is 17.4. The number of hydrogen-bond acceptors (Lipinski definition) is 2. The van der Waals surface area contributed by atoms with Gasteiger partial charge in [-0.05, 0) is 0 Å². The quantitative estimate of drug-likeness (QED) is 0.612. The van der Waals surface area contributed by atoms with Gasteiger partial charge in [0, 0.05) is 0 Å². The summed E-state index contributed by atoms with van der Waals surface area (Å²) in [7, 11) is -3.36. The summed E-state index contributed by atoms with van der Waals surface area (Å²) in [6.07, 6.45) is 5.18. The molecule has 0 N–H and O–H groups in total. The summed E-state index contributed by atoms with van der Waals surface area (Å²) in [5.74, 6) is 0. The number of allylic oxidation sites excluding steroid dienone is 1. The molecule has 0 aliphatic carbocycles. The average molecular weight is 407 g/mol. The van der Waals surface area contributed by atoms with Crippen molar-refractivity contribution in [3.05, 3.63) is 71.6 Å². The van der Waals surface area contributed by atoms with Gasteiger partial charge in [0.25, 0.3) is 0 Å². The molecule has 0 saturated carbocycles. The maximum atomic E-state index is 12.5. The van der Waals surface area contributed by atoms with Crippen molar-refractivity contribution >= 4 is 29.3 Å². The fourth-order valence-corrected chi connectivity index (χ4v) is 5.88. The summed E-state index contributed by atoms with van der Waals surface area (Å²) in [5, 5.41) is 1.41. The SMILES string of the molecule is CCCCC(/C=C/S(=O)(=O)c1ccc(C)cc1)[Se]c1ccccc1. The van der Waals surface area contributed by atoms with Crippen LogP contribution in [0, 0.1) is 6.92 Å². The molecule has 2 aromatic rings. The molecule has 2 aromatic carbocycles. The van der Waals surface area contributed by atoms with Gasteiger partial charge >= 0.3 is 152 Å². The van der Waals surface area contributed by atoms with Crippen LogP contribution < -0.4 is 4.46 Å². The van der Waals surface area contributed by atoms with Crippen molar-refractivity contribution in [3.63, 3.8) is 0 Å². The number of aryl methyl sites for hydroxylation is 1. The molecule has 0 saturated heterocycles. The van der Waals surface area contributed by atoms with Crippen LogP contribution in [0.25, 0.3) is 0 Å². The second-order valence-corrected chi connectivity index (χ2v) is 10.4. The Balaban J connectivity index is 2.14. The Hall–Kier alpha value is -1.35. The minimum absolute atomic E-state index is 0.246. The van der Waals surface area contributed by atoms with Gasteiger partial charge in [0.2, 0.25) is 0 Å². The summed E-state index contributed by atoms with van der Waals surface area (Å²) in [6, 6.07) is 17.4. The third kappa shape index (κ3) is 5.94. The van der Waals surface area contributed by atoms with Gasteiger partial charge in [0.1, 0.15) is 0 Å². The van der Waals surface area contributed by atoms with Crippen LogP contribution in [0.2, 0.25) is 4.82 Å². The van der Waals surface area contributed by atoms with Crippen molar-refractivity contribution in [1.29, 1.82) is 0 Å². The first kappa shape index (κ1) is 19.0. The predicted molar refractivity (Wildman–Crippen MR) is 103 cm³/mol. The second kappa shape index (κ2) is 9.22. The van der Waals surface area contributed by atoms with E-state index < -0.39 is 9.84 Å². The molecule has 0 fully saturated rings. The van der Waals surface area contributed by atoms with E-state index in [1.165, 1.54) is 9.87 Å². The standard InChI is InChI=1S/C20H24O2SSe/c1-3-4-8-20(24-19-9-6-5-7-10-19)15-16-23(21,22)18-13-11-17(2)12-14-18/h5-7,9-16,20H,3-4,8H2,1-2H3/b16-15+. The van der Waals surface area contributed by atoms with Crippen molar-refractivity contribution in [2.75, 3.05) is 0 Å². The van der Waals surface area contributed by atoms with Crippen molar-refractivity contribution in [2.45, 2.75) is 42.8 Å². The Morgan fingerprint density at radius 3 is 2.33 bits per heavy atom. The molecule has 0 aliphatic heterocycles. The number of benzene rings is 2. The van der Waals surface area contributed by atoms with E-state index in [0.717, 1.165) is 24.8 Å². The summed E-state index contributed by atoms with van der Waals surface area (Å²) >= 11 is 0.246. The zero-order valence-corrected chi connectivity index (χ0v) is 16.7. The van der Waals surface area contributed by atoms with Crippen LogP contribution in [0.1, 0.15) is 31.7 Å². The Labute approximate surface area is 152 Å². The van der Waals surface area contributed by atoms with Crippen LogP contribution in [0.4, 0.5) is 0 Å². The molecule has 0 amide bonds. The van der Waals surface area contributed by atoms with E-state index in [1.807, 2.05) is 43.3 Å². The van der Waals surface area contributed by atoms with Gasteiger partial charge in [0.15, 0.2) is 0 Å². The molecule has 2 nitrogen and oxygen atoms in total. The van der Waals surface area contributed by atoms with Crippen LogP contribution in [0.5, 0.6) is 0 Å². The van der Waals surface area contributed by atoms with Crippen molar-refractivity contribution in [2.24, 2.45) is 0 Å². The first-order chi connectivity index (χ1) is 11.5. The number of sulfone groups is 1. The average Bonchev–Trinajstić information content (AvgIpc) is 2.58. The molecular weight excluding hydrogens is 383 g/mol. The number of rotatable bonds is 8. The molecule has 1 unspecified atom stereocenters. The Kier molecular flexibility index (Phi) is 7.29. The van der Waals surface area contributed by atoms with Gasteiger partial charge in [0.05, 0.1) is 0 Å². The molecule has 4 heteroatoms. The first-order valence-electron chi connectivity index (χ1n) is 8.23. The van der Waals surface area contributed by atoms with E-state index in [2.05, 4.69) is 19.1 Å². The fourth-order valence-electron chi connectivity index (χ4n) is 2.27. The van der Waals surface area contributed by atoms with E-state index in [-0.39, 0.29) is 15.0 Å². The third-order valence-electron chi connectivity index (χ3n) is 3.69. The van der Waals surface area contributed by atoms with Crippen LogP contribution in [-0.4, -0.2) is 23.4 Å². The van der Waals surface area contributed by atoms with Gasteiger partial charge in [-0.25, -0.2) is 0 Å². The summed E-state index contributed by atoms with van der Waals surface area (Å²) < 4.78 is 26.3. The molecule has 0 bridgehead atoms. The summed E-state index contributed by atoms with van der Waals surface area (Å²) in [6.45, 7) is 4.12. The van der Waals surface area contributed by atoms with Gasteiger partial charge < -0.3 is 0 Å². The van der Waals surface area contributed by atoms with E-state index in [9.17, 15) is 8.42 Å². The molecule has 0 radical (unpaired) electrons. The van der Waals surface area contributed by atoms with E-state index in [1.54, 1.807) is 12.1 Å². The monoisotopic (exact) mass is 408 g/mol. The normalized spacial score (nSPS) is 13.2. The first-order valence-corrected chi connectivity index (χ1v) is 11.6. The molecule has 0 spiro atoms. The molecular formula is C20H24O2SSe. The molecule has 1 atom stereocenters. The Morgan fingerprint density at radius 2 is 1.71 bits per heavy atom. The molecule has 0 heterocycles. The van der Waals surface area contributed by atoms with Gasteiger partial charge in [-0.3, -0.25) is 0 Å². The second-order valence-electron chi connectivity index (χ2n) is 5.80. The van der Waals surface area contributed by atoms with E-state index in [0.29, 0.717) is 9.71 Å². The van der Waals surface area contributed by atoms with Crippen molar-refractivity contribution in [1.82, 2.24) is 0 Å². The topological polar surface area (TPSA) is 34.1 Å². The van der Waals surface area contributed by atoms with E-state index in [4.69, 9.17) is 0 Å². The van der Waals surface area contributed by atoms with Gasteiger partial charge in [-0.1, -0.05) is 0 Å².